The van der Waals surface area contributed by atoms with Crippen molar-refractivity contribution in [3.8, 4) is 17.0 Å². The third-order valence-corrected chi connectivity index (χ3v) is 2.95. The molecule has 1 aromatic carbocycles. The van der Waals surface area contributed by atoms with Gasteiger partial charge in [-0.05, 0) is 18.2 Å². The zero-order valence-electron chi connectivity index (χ0n) is 10.2. The van der Waals surface area contributed by atoms with E-state index in [0.29, 0.717) is 17.0 Å². The van der Waals surface area contributed by atoms with Crippen LogP contribution in [0, 0.1) is 0 Å². The number of alkyl halides is 1. The van der Waals surface area contributed by atoms with Crippen molar-refractivity contribution in [2.45, 2.75) is 5.88 Å². The van der Waals surface area contributed by atoms with Gasteiger partial charge in [-0.25, -0.2) is 4.68 Å². The van der Waals surface area contributed by atoms with Crippen molar-refractivity contribution in [1.82, 2.24) is 9.78 Å². The predicted octanol–water partition coefficient (Wildman–Crippen LogP) is 2.19. The van der Waals surface area contributed by atoms with E-state index in [1.54, 1.807) is 20.2 Å². The molecule has 0 radical (unpaired) electrons. The smallest absolute Gasteiger partial charge is 0.270 e. The summed E-state index contributed by atoms with van der Waals surface area (Å²) in [7, 11) is 3.21. The van der Waals surface area contributed by atoms with Gasteiger partial charge in [0.15, 0.2) is 0 Å². The van der Waals surface area contributed by atoms with Gasteiger partial charge in [-0.1, -0.05) is 12.1 Å². The first-order valence-corrected chi connectivity index (χ1v) is 5.97. The first kappa shape index (κ1) is 12.6. The van der Waals surface area contributed by atoms with Crippen LogP contribution in [0.5, 0.6) is 5.75 Å². The lowest BCUT2D eigenvalue weighted by atomic mass is 10.1. The molecule has 1 heterocycles. The quantitative estimate of drug-likeness (QED) is 0.799. The fraction of sp³-hybridized carbons (Fsp3) is 0.231. The van der Waals surface area contributed by atoms with Crippen molar-refractivity contribution >= 4 is 11.6 Å². The van der Waals surface area contributed by atoms with Crippen molar-refractivity contribution < 1.29 is 4.74 Å². The second-order valence-electron chi connectivity index (χ2n) is 3.82. The minimum atomic E-state index is -0.177. The molecule has 2 rings (SSSR count). The second-order valence-corrected chi connectivity index (χ2v) is 4.08. The number of halogens is 1. The van der Waals surface area contributed by atoms with Gasteiger partial charge in [0.2, 0.25) is 0 Å². The molecule has 0 fully saturated rings. The molecule has 18 heavy (non-hydrogen) atoms. The molecule has 0 amide bonds. The van der Waals surface area contributed by atoms with Crippen molar-refractivity contribution in [1.29, 1.82) is 0 Å². The molecule has 0 saturated heterocycles. The van der Waals surface area contributed by atoms with Gasteiger partial charge < -0.3 is 4.74 Å². The number of methoxy groups -OCH3 is 1. The highest BCUT2D eigenvalue weighted by Crippen LogP contribution is 2.27. The SMILES string of the molecule is COc1ccccc1-c1cc(CCl)c(=O)n(C)n1. The first-order chi connectivity index (χ1) is 8.67. The summed E-state index contributed by atoms with van der Waals surface area (Å²) in [5.41, 5.74) is 1.85. The highest BCUT2D eigenvalue weighted by Gasteiger charge is 2.10. The maximum atomic E-state index is 11.7. The number of aryl methyl sites for hydroxylation is 1. The van der Waals surface area contributed by atoms with Crippen LogP contribution in [-0.4, -0.2) is 16.9 Å². The number of para-hydroxylation sites is 1. The Morgan fingerprint density at radius 2 is 2.11 bits per heavy atom. The van der Waals surface area contributed by atoms with Gasteiger partial charge in [-0.15, -0.1) is 11.6 Å². The van der Waals surface area contributed by atoms with Crippen LogP contribution in [0.25, 0.3) is 11.3 Å². The summed E-state index contributed by atoms with van der Waals surface area (Å²) < 4.78 is 6.57. The minimum absolute atomic E-state index is 0.164. The van der Waals surface area contributed by atoms with Crippen LogP contribution in [0.1, 0.15) is 5.56 Å². The van der Waals surface area contributed by atoms with E-state index in [4.69, 9.17) is 16.3 Å². The molecular weight excluding hydrogens is 252 g/mol. The molecule has 0 N–H and O–H groups in total. The van der Waals surface area contributed by atoms with Crippen LogP contribution in [0.15, 0.2) is 35.1 Å². The highest BCUT2D eigenvalue weighted by atomic mass is 35.5. The Morgan fingerprint density at radius 1 is 1.39 bits per heavy atom. The lowest BCUT2D eigenvalue weighted by Crippen LogP contribution is -2.23. The van der Waals surface area contributed by atoms with Gasteiger partial charge in [-0.2, -0.15) is 5.10 Å². The van der Waals surface area contributed by atoms with E-state index in [9.17, 15) is 4.79 Å². The van der Waals surface area contributed by atoms with Crippen molar-refractivity contribution in [2.24, 2.45) is 7.05 Å². The van der Waals surface area contributed by atoms with Crippen molar-refractivity contribution in [2.75, 3.05) is 7.11 Å². The number of hydrogen-bond acceptors (Lipinski definition) is 3. The number of benzene rings is 1. The number of hydrogen-bond donors (Lipinski definition) is 0. The number of nitrogens with zero attached hydrogens (tertiary/aromatic N) is 2. The molecule has 5 heteroatoms. The van der Waals surface area contributed by atoms with Gasteiger partial charge in [0, 0.05) is 18.2 Å². The average Bonchev–Trinajstić information content (AvgIpc) is 2.41. The van der Waals surface area contributed by atoms with Crippen LogP contribution in [0.4, 0.5) is 0 Å². The van der Waals surface area contributed by atoms with E-state index in [2.05, 4.69) is 5.10 Å². The third kappa shape index (κ3) is 2.24. The average molecular weight is 265 g/mol. The number of rotatable bonds is 3. The zero-order valence-corrected chi connectivity index (χ0v) is 10.9. The van der Waals surface area contributed by atoms with Gasteiger partial charge in [-0.3, -0.25) is 4.79 Å². The van der Waals surface area contributed by atoms with Gasteiger partial charge in [0.25, 0.3) is 5.56 Å². The standard InChI is InChI=1S/C13H13ClN2O2/c1-16-13(17)9(8-14)7-11(15-16)10-5-3-4-6-12(10)18-2/h3-7H,8H2,1-2H3. The molecule has 4 nitrogen and oxygen atoms in total. The summed E-state index contributed by atoms with van der Waals surface area (Å²) in [5, 5.41) is 4.23. The summed E-state index contributed by atoms with van der Waals surface area (Å²) in [5.74, 6) is 0.876. The number of ether oxygens (including phenoxy) is 1. The molecule has 0 spiro atoms. The highest BCUT2D eigenvalue weighted by molar-refractivity contribution is 6.17. The Labute approximate surface area is 110 Å². The number of aromatic nitrogens is 2. The molecule has 1 aromatic heterocycles. The van der Waals surface area contributed by atoms with Gasteiger partial charge in [0.05, 0.1) is 18.7 Å². The van der Waals surface area contributed by atoms with Gasteiger partial charge >= 0.3 is 0 Å². The van der Waals surface area contributed by atoms with E-state index >= 15 is 0 Å². The fourth-order valence-electron chi connectivity index (χ4n) is 1.75. The maximum absolute atomic E-state index is 11.7. The lowest BCUT2D eigenvalue weighted by molar-refractivity contribution is 0.416. The van der Waals surface area contributed by atoms with E-state index in [1.807, 2.05) is 24.3 Å². The Hall–Kier alpha value is -1.81. The van der Waals surface area contributed by atoms with Crippen LogP contribution in [-0.2, 0) is 12.9 Å². The molecule has 0 unspecified atom stereocenters. The van der Waals surface area contributed by atoms with Crippen LogP contribution in [0.2, 0.25) is 0 Å². The molecule has 0 aliphatic rings. The summed E-state index contributed by atoms with van der Waals surface area (Å²) in [6.07, 6.45) is 0. The fourth-order valence-corrected chi connectivity index (χ4v) is 1.95. The van der Waals surface area contributed by atoms with Crippen LogP contribution < -0.4 is 10.3 Å². The van der Waals surface area contributed by atoms with Crippen molar-refractivity contribution in [3.05, 3.63) is 46.2 Å². The molecule has 0 aliphatic heterocycles. The molecule has 94 valence electrons. The van der Waals surface area contributed by atoms with Crippen molar-refractivity contribution in [3.63, 3.8) is 0 Å². The molecular formula is C13H13ClN2O2. The second kappa shape index (κ2) is 5.23. The predicted molar refractivity (Wildman–Crippen MR) is 71.0 cm³/mol. The molecule has 0 atom stereocenters. The molecule has 0 saturated carbocycles. The Morgan fingerprint density at radius 3 is 2.78 bits per heavy atom. The minimum Gasteiger partial charge on any atom is -0.496 e. The van der Waals surface area contributed by atoms with Crippen LogP contribution in [0.3, 0.4) is 0 Å². The van der Waals surface area contributed by atoms with E-state index in [1.165, 1.54) is 4.68 Å². The van der Waals surface area contributed by atoms with Crippen LogP contribution >= 0.6 is 11.6 Å². The summed E-state index contributed by atoms with van der Waals surface area (Å²) >= 11 is 5.76. The maximum Gasteiger partial charge on any atom is 0.270 e. The van der Waals surface area contributed by atoms with Gasteiger partial charge in [0.1, 0.15) is 5.75 Å². The van der Waals surface area contributed by atoms with E-state index in [0.717, 1.165) is 5.56 Å². The largest absolute Gasteiger partial charge is 0.496 e. The Bertz CT molecular complexity index is 623. The summed E-state index contributed by atoms with van der Waals surface area (Å²) in [4.78, 5) is 11.7. The molecule has 0 aliphatic carbocycles. The Kier molecular flexibility index (Phi) is 3.67. The lowest BCUT2D eigenvalue weighted by Gasteiger charge is -2.09. The normalized spacial score (nSPS) is 10.4. The van der Waals surface area contributed by atoms with E-state index < -0.39 is 0 Å². The topological polar surface area (TPSA) is 44.1 Å². The van der Waals surface area contributed by atoms with E-state index in [-0.39, 0.29) is 11.4 Å². The molecule has 0 bridgehead atoms. The Balaban J connectivity index is 2.64. The first-order valence-electron chi connectivity index (χ1n) is 5.44. The summed E-state index contributed by atoms with van der Waals surface area (Å²) in [6.45, 7) is 0. The third-order valence-electron chi connectivity index (χ3n) is 2.66. The zero-order chi connectivity index (χ0) is 13.1. The monoisotopic (exact) mass is 264 g/mol. The molecule has 2 aromatic rings. The summed E-state index contributed by atoms with van der Waals surface area (Å²) in [6, 6.07) is 9.22.